The Balaban J connectivity index is 1.18. The second kappa shape index (κ2) is 7.98. The van der Waals surface area contributed by atoms with Gasteiger partial charge in [-0.1, -0.05) is 12.1 Å². The van der Waals surface area contributed by atoms with Gasteiger partial charge in [0.15, 0.2) is 0 Å². The molecule has 1 atom stereocenters. The van der Waals surface area contributed by atoms with E-state index in [0.29, 0.717) is 30.9 Å². The maximum atomic E-state index is 5.97. The van der Waals surface area contributed by atoms with Gasteiger partial charge in [0.1, 0.15) is 11.6 Å². The van der Waals surface area contributed by atoms with Crippen molar-refractivity contribution in [1.29, 1.82) is 0 Å². The molecule has 0 saturated carbocycles. The zero-order valence-corrected chi connectivity index (χ0v) is 16.5. The highest BCUT2D eigenvalue weighted by molar-refractivity contribution is 5.99. The summed E-state index contributed by atoms with van der Waals surface area (Å²) in [5.41, 5.74) is 7.94. The van der Waals surface area contributed by atoms with Crippen LogP contribution in [0.3, 0.4) is 0 Å². The number of rotatable bonds is 6. The number of imidazole rings is 1. The standard InChI is InChI=1S/C22H23N7O/c23-21-18-2-1-3-19(17(18)4-6-25-21)26-11-16-12-27-22(28-13-16)30-14-15-5-8-29-9-7-24-20(29)10-15/h1-4,6-7,9,12-13,15,26H,5,8,10-11,14H2,(H2,23,25). The van der Waals surface area contributed by atoms with E-state index in [9.17, 15) is 0 Å². The summed E-state index contributed by atoms with van der Waals surface area (Å²) in [4.78, 5) is 17.3. The summed E-state index contributed by atoms with van der Waals surface area (Å²) < 4.78 is 8.03. The third-order valence-corrected chi connectivity index (χ3v) is 5.50. The number of benzene rings is 1. The molecule has 152 valence electrons. The summed E-state index contributed by atoms with van der Waals surface area (Å²) in [6, 6.07) is 8.33. The molecule has 1 aromatic carbocycles. The predicted molar refractivity (Wildman–Crippen MR) is 115 cm³/mol. The van der Waals surface area contributed by atoms with Crippen molar-refractivity contribution in [2.75, 3.05) is 17.7 Å². The van der Waals surface area contributed by atoms with Crippen LogP contribution in [0.25, 0.3) is 10.8 Å². The van der Waals surface area contributed by atoms with Gasteiger partial charge >= 0.3 is 6.01 Å². The quantitative estimate of drug-likeness (QED) is 0.512. The monoisotopic (exact) mass is 401 g/mol. The minimum absolute atomic E-state index is 0.414. The van der Waals surface area contributed by atoms with E-state index in [-0.39, 0.29) is 0 Å². The highest BCUT2D eigenvalue weighted by Gasteiger charge is 2.20. The van der Waals surface area contributed by atoms with Gasteiger partial charge in [-0.15, -0.1) is 0 Å². The minimum atomic E-state index is 0.414. The maximum Gasteiger partial charge on any atom is 0.316 e. The molecule has 1 unspecified atom stereocenters. The van der Waals surface area contributed by atoms with Crippen LogP contribution in [0.4, 0.5) is 11.5 Å². The number of aromatic nitrogens is 5. The number of pyridine rings is 1. The Morgan fingerprint density at radius 3 is 2.87 bits per heavy atom. The summed E-state index contributed by atoms with van der Waals surface area (Å²) in [7, 11) is 0. The van der Waals surface area contributed by atoms with Crippen molar-refractivity contribution in [2.45, 2.75) is 25.9 Å². The lowest BCUT2D eigenvalue weighted by Crippen LogP contribution is -2.24. The second-order valence-electron chi connectivity index (χ2n) is 7.53. The summed E-state index contributed by atoms with van der Waals surface area (Å²) >= 11 is 0. The molecule has 1 aliphatic heterocycles. The van der Waals surface area contributed by atoms with E-state index in [1.54, 1.807) is 18.6 Å². The van der Waals surface area contributed by atoms with Gasteiger partial charge in [-0.3, -0.25) is 0 Å². The van der Waals surface area contributed by atoms with Crippen LogP contribution in [-0.2, 0) is 19.5 Å². The molecule has 4 heterocycles. The Kier molecular flexibility index (Phi) is 4.88. The van der Waals surface area contributed by atoms with Gasteiger partial charge < -0.3 is 20.4 Å². The molecular weight excluding hydrogens is 378 g/mol. The van der Waals surface area contributed by atoms with E-state index < -0.39 is 0 Å². The third kappa shape index (κ3) is 3.76. The zero-order chi connectivity index (χ0) is 20.3. The SMILES string of the molecule is Nc1nccc2c(NCc3cnc(OCC4CCn5ccnc5C4)nc3)cccc12. The van der Waals surface area contributed by atoms with Crippen molar-refractivity contribution in [3.05, 3.63) is 66.6 Å². The predicted octanol–water partition coefficient (Wildman–Crippen LogP) is 3.06. The Hall–Kier alpha value is -3.68. The highest BCUT2D eigenvalue weighted by Crippen LogP contribution is 2.26. The number of hydrogen-bond acceptors (Lipinski definition) is 7. The van der Waals surface area contributed by atoms with Gasteiger partial charge in [0, 0.05) is 78.4 Å². The molecule has 0 amide bonds. The van der Waals surface area contributed by atoms with Crippen LogP contribution >= 0.6 is 0 Å². The zero-order valence-electron chi connectivity index (χ0n) is 16.5. The molecule has 0 saturated heterocycles. The number of nitrogens with two attached hydrogens (primary N) is 1. The summed E-state index contributed by atoms with van der Waals surface area (Å²) in [5, 5.41) is 5.41. The summed E-state index contributed by atoms with van der Waals surface area (Å²) in [6.07, 6.45) is 11.2. The summed E-state index contributed by atoms with van der Waals surface area (Å²) in [6.45, 7) is 2.20. The Morgan fingerprint density at radius 2 is 1.97 bits per heavy atom. The lowest BCUT2D eigenvalue weighted by molar-refractivity contribution is 0.205. The number of fused-ring (bicyclic) bond motifs is 2. The minimum Gasteiger partial charge on any atom is -0.463 e. The highest BCUT2D eigenvalue weighted by atomic mass is 16.5. The topological polar surface area (TPSA) is 104 Å². The van der Waals surface area contributed by atoms with Crippen molar-refractivity contribution in [1.82, 2.24) is 24.5 Å². The van der Waals surface area contributed by atoms with Crippen LogP contribution in [0, 0.1) is 5.92 Å². The molecule has 8 nitrogen and oxygen atoms in total. The molecule has 4 aromatic rings. The van der Waals surface area contributed by atoms with Crippen LogP contribution < -0.4 is 15.8 Å². The van der Waals surface area contributed by atoms with E-state index in [1.807, 2.05) is 36.7 Å². The van der Waals surface area contributed by atoms with Crippen LogP contribution in [-0.4, -0.2) is 31.1 Å². The van der Waals surface area contributed by atoms with Crippen LogP contribution in [0.15, 0.2) is 55.2 Å². The lowest BCUT2D eigenvalue weighted by atomic mass is 9.99. The molecule has 0 spiro atoms. The molecule has 1 aliphatic rings. The van der Waals surface area contributed by atoms with Crippen LogP contribution in [0.2, 0.25) is 0 Å². The maximum absolute atomic E-state index is 5.97. The number of anilines is 2. The lowest BCUT2D eigenvalue weighted by Gasteiger charge is -2.22. The van der Waals surface area contributed by atoms with Gasteiger partial charge in [-0.2, -0.15) is 0 Å². The molecule has 0 fully saturated rings. The van der Waals surface area contributed by atoms with E-state index in [0.717, 1.165) is 47.2 Å². The molecule has 5 rings (SSSR count). The fourth-order valence-electron chi connectivity index (χ4n) is 3.84. The number of ether oxygens (including phenoxy) is 1. The molecule has 0 radical (unpaired) electrons. The van der Waals surface area contributed by atoms with Crippen LogP contribution in [0.5, 0.6) is 6.01 Å². The van der Waals surface area contributed by atoms with E-state index >= 15 is 0 Å². The van der Waals surface area contributed by atoms with Gasteiger partial charge in [-0.25, -0.2) is 19.9 Å². The van der Waals surface area contributed by atoms with E-state index in [2.05, 4.69) is 29.8 Å². The number of hydrogen-bond donors (Lipinski definition) is 2. The first-order valence-electron chi connectivity index (χ1n) is 10.1. The normalized spacial score (nSPS) is 15.7. The third-order valence-electron chi connectivity index (χ3n) is 5.50. The first kappa shape index (κ1) is 18.4. The number of nitrogens with zero attached hydrogens (tertiary/aromatic N) is 5. The molecule has 3 aromatic heterocycles. The fourth-order valence-corrected chi connectivity index (χ4v) is 3.84. The van der Waals surface area contributed by atoms with Gasteiger partial charge in [0.25, 0.3) is 0 Å². The molecule has 0 bridgehead atoms. The largest absolute Gasteiger partial charge is 0.463 e. The number of aryl methyl sites for hydroxylation is 1. The van der Waals surface area contributed by atoms with Crippen LogP contribution in [0.1, 0.15) is 17.8 Å². The van der Waals surface area contributed by atoms with E-state index in [1.165, 1.54) is 0 Å². The van der Waals surface area contributed by atoms with Gasteiger partial charge in [0.05, 0.1) is 6.61 Å². The van der Waals surface area contributed by atoms with Crippen molar-refractivity contribution >= 4 is 22.3 Å². The molecular formula is C22H23N7O. The first-order valence-corrected chi connectivity index (χ1v) is 10.1. The average Bonchev–Trinajstić information content (AvgIpc) is 3.25. The van der Waals surface area contributed by atoms with Crippen molar-refractivity contribution in [3.63, 3.8) is 0 Å². The smallest absolute Gasteiger partial charge is 0.316 e. The first-order chi connectivity index (χ1) is 14.8. The van der Waals surface area contributed by atoms with Gasteiger partial charge in [-0.05, 0) is 18.6 Å². The Bertz CT molecular complexity index is 1160. The van der Waals surface area contributed by atoms with Crippen molar-refractivity contribution in [2.24, 2.45) is 5.92 Å². The summed E-state index contributed by atoms with van der Waals surface area (Å²) in [5.74, 6) is 2.10. The van der Waals surface area contributed by atoms with E-state index in [4.69, 9.17) is 10.5 Å². The van der Waals surface area contributed by atoms with Crippen molar-refractivity contribution < 1.29 is 4.74 Å². The number of nitrogen functional groups attached to an aromatic ring is 1. The molecule has 30 heavy (non-hydrogen) atoms. The second-order valence-corrected chi connectivity index (χ2v) is 7.53. The number of nitrogens with one attached hydrogen (secondary N) is 1. The Labute approximate surface area is 174 Å². The molecule has 0 aliphatic carbocycles. The average molecular weight is 401 g/mol. The molecule has 3 N–H and O–H groups in total. The van der Waals surface area contributed by atoms with Gasteiger partial charge in [0.2, 0.25) is 0 Å². The molecule has 8 heteroatoms. The fraction of sp³-hybridized carbons (Fsp3) is 0.273. The van der Waals surface area contributed by atoms with Crippen molar-refractivity contribution in [3.8, 4) is 6.01 Å². The Morgan fingerprint density at radius 1 is 1.07 bits per heavy atom.